The SMILES string of the molecule is COc1ccc(-c2cnc(C(Cc3ccccc3)NC(=O)c3cc4ccccc4[nH]3)n2C)cc1. The van der Waals surface area contributed by atoms with Gasteiger partial charge in [-0.3, -0.25) is 4.79 Å². The lowest BCUT2D eigenvalue weighted by molar-refractivity contribution is 0.0930. The fourth-order valence-electron chi connectivity index (χ4n) is 4.27. The molecule has 2 heterocycles. The molecule has 3 aromatic carbocycles. The van der Waals surface area contributed by atoms with Crippen LogP contribution in [-0.4, -0.2) is 27.6 Å². The first-order valence-corrected chi connectivity index (χ1v) is 11.2. The molecule has 0 saturated heterocycles. The number of amides is 1. The van der Waals surface area contributed by atoms with E-state index in [1.807, 2.05) is 90.6 Å². The Bertz CT molecular complexity index is 1390. The molecule has 1 amide bonds. The molecule has 6 heteroatoms. The van der Waals surface area contributed by atoms with Crippen LogP contribution in [0.4, 0.5) is 0 Å². The Kier molecular flexibility index (Phi) is 5.87. The number of carbonyl (C=O) groups is 1. The van der Waals surface area contributed by atoms with Crippen LogP contribution in [0.2, 0.25) is 0 Å². The number of hydrogen-bond donors (Lipinski definition) is 2. The van der Waals surface area contributed by atoms with Crippen molar-refractivity contribution < 1.29 is 9.53 Å². The number of imidazole rings is 1. The number of aromatic nitrogens is 3. The van der Waals surface area contributed by atoms with Gasteiger partial charge in [-0.25, -0.2) is 4.98 Å². The Morgan fingerprint density at radius 2 is 1.76 bits per heavy atom. The van der Waals surface area contributed by atoms with Crippen molar-refractivity contribution in [1.82, 2.24) is 19.9 Å². The molecule has 2 aromatic heterocycles. The van der Waals surface area contributed by atoms with Gasteiger partial charge in [-0.15, -0.1) is 0 Å². The summed E-state index contributed by atoms with van der Waals surface area (Å²) in [6, 6.07) is 27.5. The number of H-pyrrole nitrogens is 1. The predicted octanol–water partition coefficient (Wildman–Crippen LogP) is 5.29. The Hall–Kier alpha value is -4.32. The summed E-state index contributed by atoms with van der Waals surface area (Å²) in [6.07, 6.45) is 2.48. The summed E-state index contributed by atoms with van der Waals surface area (Å²) in [5.41, 5.74) is 4.59. The maximum atomic E-state index is 13.3. The van der Waals surface area contributed by atoms with Crippen LogP contribution in [0.3, 0.4) is 0 Å². The summed E-state index contributed by atoms with van der Waals surface area (Å²) in [5, 5.41) is 4.21. The van der Waals surface area contributed by atoms with Crippen LogP contribution in [0.5, 0.6) is 5.75 Å². The standard InChI is InChI=1S/C28H26N4O2/c1-32-26(20-12-14-22(34-2)15-13-20)18-29-27(32)24(16-19-8-4-3-5-9-19)31-28(33)25-17-21-10-6-7-11-23(21)30-25/h3-15,17-18,24,30H,16H2,1-2H3,(H,31,33). The molecule has 2 N–H and O–H groups in total. The maximum absolute atomic E-state index is 13.3. The molecule has 0 bridgehead atoms. The fraction of sp³-hybridized carbons (Fsp3) is 0.143. The lowest BCUT2D eigenvalue weighted by Crippen LogP contribution is -2.32. The second-order valence-corrected chi connectivity index (χ2v) is 8.28. The highest BCUT2D eigenvalue weighted by molar-refractivity contribution is 5.98. The number of methoxy groups -OCH3 is 1. The first kappa shape index (κ1) is 21.5. The largest absolute Gasteiger partial charge is 0.497 e. The topological polar surface area (TPSA) is 71.9 Å². The zero-order chi connectivity index (χ0) is 23.5. The van der Waals surface area contributed by atoms with E-state index in [4.69, 9.17) is 9.72 Å². The van der Waals surface area contributed by atoms with Gasteiger partial charge >= 0.3 is 0 Å². The normalized spacial score (nSPS) is 11.9. The van der Waals surface area contributed by atoms with E-state index in [1.54, 1.807) is 7.11 Å². The van der Waals surface area contributed by atoms with Crippen molar-refractivity contribution in [3.05, 3.63) is 108 Å². The number of aromatic amines is 1. The van der Waals surface area contributed by atoms with E-state index >= 15 is 0 Å². The van der Waals surface area contributed by atoms with Crippen LogP contribution in [-0.2, 0) is 13.5 Å². The smallest absolute Gasteiger partial charge is 0.268 e. The highest BCUT2D eigenvalue weighted by Crippen LogP contribution is 2.26. The number of nitrogens with one attached hydrogen (secondary N) is 2. The lowest BCUT2D eigenvalue weighted by atomic mass is 10.0. The highest BCUT2D eigenvalue weighted by atomic mass is 16.5. The second-order valence-electron chi connectivity index (χ2n) is 8.28. The van der Waals surface area contributed by atoms with Crippen LogP contribution in [0.15, 0.2) is 91.1 Å². The number of nitrogens with zero attached hydrogens (tertiary/aromatic N) is 2. The Balaban J connectivity index is 1.47. The third kappa shape index (κ3) is 4.30. The van der Waals surface area contributed by atoms with Gasteiger partial charge in [0.05, 0.1) is 25.0 Å². The summed E-state index contributed by atoms with van der Waals surface area (Å²) in [5.74, 6) is 1.43. The molecule has 5 aromatic rings. The number of carbonyl (C=O) groups excluding carboxylic acids is 1. The molecule has 0 fully saturated rings. The lowest BCUT2D eigenvalue weighted by Gasteiger charge is -2.19. The van der Waals surface area contributed by atoms with E-state index in [0.29, 0.717) is 12.1 Å². The van der Waals surface area contributed by atoms with E-state index in [9.17, 15) is 4.79 Å². The molecule has 5 rings (SSSR count). The zero-order valence-electron chi connectivity index (χ0n) is 19.2. The third-order valence-electron chi connectivity index (χ3n) is 6.08. The molecule has 0 aliphatic rings. The molecule has 170 valence electrons. The maximum Gasteiger partial charge on any atom is 0.268 e. The molecule has 0 aliphatic heterocycles. The molecule has 34 heavy (non-hydrogen) atoms. The molecule has 0 saturated carbocycles. The van der Waals surface area contributed by atoms with Crippen LogP contribution in [0.25, 0.3) is 22.2 Å². The van der Waals surface area contributed by atoms with Gasteiger partial charge in [-0.1, -0.05) is 48.5 Å². The minimum Gasteiger partial charge on any atom is -0.497 e. The van der Waals surface area contributed by atoms with Crippen molar-refractivity contribution in [3.8, 4) is 17.0 Å². The van der Waals surface area contributed by atoms with Crippen LogP contribution in [0, 0.1) is 0 Å². The highest BCUT2D eigenvalue weighted by Gasteiger charge is 2.23. The number of ether oxygens (including phenoxy) is 1. The summed E-state index contributed by atoms with van der Waals surface area (Å²) in [6.45, 7) is 0. The van der Waals surface area contributed by atoms with Crippen molar-refractivity contribution in [2.24, 2.45) is 7.05 Å². The Morgan fingerprint density at radius 3 is 2.50 bits per heavy atom. The molecule has 1 atom stereocenters. The van der Waals surface area contributed by atoms with E-state index in [-0.39, 0.29) is 11.9 Å². The molecule has 6 nitrogen and oxygen atoms in total. The number of fused-ring (bicyclic) bond motifs is 1. The molecule has 0 spiro atoms. The van der Waals surface area contributed by atoms with Crippen LogP contribution in [0.1, 0.15) is 27.9 Å². The number of hydrogen-bond acceptors (Lipinski definition) is 3. The van der Waals surface area contributed by atoms with Crippen LogP contribution < -0.4 is 10.1 Å². The van der Waals surface area contributed by atoms with Gasteiger partial charge in [-0.2, -0.15) is 0 Å². The third-order valence-corrected chi connectivity index (χ3v) is 6.08. The summed E-state index contributed by atoms with van der Waals surface area (Å²) in [4.78, 5) is 21.2. The first-order valence-electron chi connectivity index (χ1n) is 11.2. The Morgan fingerprint density at radius 1 is 1.03 bits per heavy atom. The molecule has 0 radical (unpaired) electrons. The fourth-order valence-corrected chi connectivity index (χ4v) is 4.27. The van der Waals surface area contributed by atoms with E-state index < -0.39 is 0 Å². The number of benzene rings is 3. The minimum atomic E-state index is -0.307. The summed E-state index contributed by atoms with van der Waals surface area (Å²) >= 11 is 0. The number of rotatable bonds is 7. The minimum absolute atomic E-state index is 0.161. The van der Waals surface area contributed by atoms with Crippen molar-refractivity contribution in [2.45, 2.75) is 12.5 Å². The van der Waals surface area contributed by atoms with E-state index in [2.05, 4.69) is 22.4 Å². The average molecular weight is 451 g/mol. The van der Waals surface area contributed by atoms with Gasteiger partial charge in [0.15, 0.2) is 0 Å². The zero-order valence-corrected chi connectivity index (χ0v) is 19.2. The predicted molar refractivity (Wildman–Crippen MR) is 134 cm³/mol. The second kappa shape index (κ2) is 9.27. The monoisotopic (exact) mass is 450 g/mol. The molecular formula is C28H26N4O2. The van der Waals surface area contributed by atoms with E-state index in [0.717, 1.165) is 39.3 Å². The van der Waals surface area contributed by atoms with Gasteiger partial charge in [-0.05, 0) is 48.4 Å². The van der Waals surface area contributed by atoms with E-state index in [1.165, 1.54) is 0 Å². The van der Waals surface area contributed by atoms with Crippen molar-refractivity contribution in [2.75, 3.05) is 7.11 Å². The van der Waals surface area contributed by atoms with Gasteiger partial charge in [0.1, 0.15) is 17.3 Å². The molecule has 1 unspecified atom stereocenters. The Labute approximate surface area is 198 Å². The van der Waals surface area contributed by atoms with Crippen molar-refractivity contribution >= 4 is 16.8 Å². The number of para-hydroxylation sites is 1. The van der Waals surface area contributed by atoms with Gasteiger partial charge < -0.3 is 19.6 Å². The average Bonchev–Trinajstić information content (AvgIpc) is 3.48. The van der Waals surface area contributed by atoms with Crippen LogP contribution >= 0.6 is 0 Å². The van der Waals surface area contributed by atoms with Gasteiger partial charge in [0.2, 0.25) is 0 Å². The summed E-state index contributed by atoms with van der Waals surface area (Å²) in [7, 11) is 3.64. The van der Waals surface area contributed by atoms with Crippen molar-refractivity contribution in [3.63, 3.8) is 0 Å². The van der Waals surface area contributed by atoms with Crippen molar-refractivity contribution in [1.29, 1.82) is 0 Å². The first-order chi connectivity index (χ1) is 16.6. The van der Waals surface area contributed by atoms with Gasteiger partial charge in [0, 0.05) is 23.5 Å². The summed E-state index contributed by atoms with van der Waals surface area (Å²) < 4.78 is 7.32. The quantitative estimate of drug-likeness (QED) is 0.354. The van der Waals surface area contributed by atoms with Gasteiger partial charge in [0.25, 0.3) is 5.91 Å². The molecular weight excluding hydrogens is 424 g/mol. The molecule has 0 aliphatic carbocycles.